The topological polar surface area (TPSA) is 55.6 Å². The third-order valence-electron chi connectivity index (χ3n) is 3.62. The van der Waals surface area contributed by atoms with Crippen LogP contribution in [0, 0.1) is 0 Å². The van der Waals surface area contributed by atoms with Crippen LogP contribution < -0.4 is 10.1 Å². The zero-order valence-electron chi connectivity index (χ0n) is 13.0. The number of methoxy groups -OCH3 is 1. The molecule has 2 heterocycles. The molecule has 0 fully saturated rings. The molecule has 2 aromatic heterocycles. The van der Waals surface area contributed by atoms with Gasteiger partial charge in [0.2, 0.25) is 5.91 Å². The summed E-state index contributed by atoms with van der Waals surface area (Å²) < 4.78 is 7.19. The minimum absolute atomic E-state index is 0.0637. The van der Waals surface area contributed by atoms with Gasteiger partial charge in [0.25, 0.3) is 0 Å². The number of nitrogens with one attached hydrogen (secondary N) is 1. The molecule has 3 rings (SSSR count). The van der Waals surface area contributed by atoms with E-state index in [4.69, 9.17) is 4.74 Å². The number of hydrogen-bond acceptors (Lipinski definition) is 4. The maximum absolute atomic E-state index is 11.9. The van der Waals surface area contributed by atoms with Crippen molar-refractivity contribution in [3.05, 3.63) is 53.3 Å². The molecule has 0 radical (unpaired) electrons. The molecule has 0 aliphatic carbocycles. The number of rotatable bonds is 7. The van der Waals surface area contributed by atoms with Gasteiger partial charge in [-0.25, -0.2) is 4.98 Å². The van der Waals surface area contributed by atoms with Crippen LogP contribution in [-0.4, -0.2) is 28.9 Å². The van der Waals surface area contributed by atoms with Crippen LogP contribution in [0.1, 0.15) is 17.7 Å². The number of benzene rings is 1. The summed E-state index contributed by atoms with van der Waals surface area (Å²) >= 11 is 1.61. The number of aromatic nitrogens is 2. The first-order valence-electron chi connectivity index (χ1n) is 7.55. The number of amides is 1. The highest BCUT2D eigenvalue weighted by Crippen LogP contribution is 2.14. The van der Waals surface area contributed by atoms with E-state index in [-0.39, 0.29) is 5.91 Å². The van der Waals surface area contributed by atoms with Gasteiger partial charge in [0.1, 0.15) is 5.75 Å². The average molecular weight is 329 g/mol. The summed E-state index contributed by atoms with van der Waals surface area (Å²) in [7, 11) is 1.64. The highest BCUT2D eigenvalue weighted by atomic mass is 32.1. The second-order valence-corrected chi connectivity index (χ2v) is 6.15. The maximum atomic E-state index is 11.9. The highest BCUT2D eigenvalue weighted by molar-refractivity contribution is 7.15. The number of thiazole rings is 1. The summed E-state index contributed by atoms with van der Waals surface area (Å²) in [6.45, 7) is 0.613. The molecular formula is C17H19N3O2S. The Morgan fingerprint density at radius 3 is 3.13 bits per heavy atom. The Hall–Kier alpha value is -2.34. The van der Waals surface area contributed by atoms with Gasteiger partial charge in [0.15, 0.2) is 4.96 Å². The first-order valence-corrected chi connectivity index (χ1v) is 8.43. The molecule has 120 valence electrons. The van der Waals surface area contributed by atoms with Crippen molar-refractivity contribution in [1.29, 1.82) is 0 Å². The summed E-state index contributed by atoms with van der Waals surface area (Å²) in [4.78, 5) is 17.4. The summed E-state index contributed by atoms with van der Waals surface area (Å²) in [5.74, 6) is 0.886. The van der Waals surface area contributed by atoms with E-state index in [0.29, 0.717) is 19.4 Å². The van der Waals surface area contributed by atoms with E-state index >= 15 is 0 Å². The summed E-state index contributed by atoms with van der Waals surface area (Å²) in [6.07, 6.45) is 5.94. The molecule has 23 heavy (non-hydrogen) atoms. The first-order chi connectivity index (χ1) is 11.2. The zero-order chi connectivity index (χ0) is 16.1. The Balaban J connectivity index is 1.41. The third-order valence-corrected chi connectivity index (χ3v) is 4.39. The monoisotopic (exact) mass is 329 g/mol. The first kappa shape index (κ1) is 15.6. The molecule has 3 aromatic rings. The minimum Gasteiger partial charge on any atom is -0.497 e. The van der Waals surface area contributed by atoms with Crippen molar-refractivity contribution < 1.29 is 9.53 Å². The lowest BCUT2D eigenvalue weighted by atomic mass is 10.1. The Labute approximate surface area is 138 Å². The van der Waals surface area contributed by atoms with Crippen LogP contribution >= 0.6 is 11.3 Å². The van der Waals surface area contributed by atoms with Gasteiger partial charge >= 0.3 is 0 Å². The van der Waals surface area contributed by atoms with Crippen molar-refractivity contribution in [2.24, 2.45) is 0 Å². The number of imidazole rings is 1. The van der Waals surface area contributed by atoms with Crippen molar-refractivity contribution in [3.63, 3.8) is 0 Å². The fourth-order valence-corrected chi connectivity index (χ4v) is 3.12. The SMILES string of the molecule is COc1cccc(CCC(=O)NCCc2cn3ccsc3n2)c1. The fourth-order valence-electron chi connectivity index (χ4n) is 2.40. The van der Waals surface area contributed by atoms with Crippen molar-refractivity contribution in [2.45, 2.75) is 19.3 Å². The second kappa shape index (κ2) is 7.28. The predicted molar refractivity (Wildman–Crippen MR) is 91.1 cm³/mol. The maximum Gasteiger partial charge on any atom is 0.220 e. The van der Waals surface area contributed by atoms with Crippen LogP contribution in [-0.2, 0) is 17.6 Å². The highest BCUT2D eigenvalue weighted by Gasteiger charge is 2.05. The van der Waals surface area contributed by atoms with Gasteiger partial charge < -0.3 is 10.1 Å². The lowest BCUT2D eigenvalue weighted by Crippen LogP contribution is -2.25. The second-order valence-electron chi connectivity index (χ2n) is 5.28. The Morgan fingerprint density at radius 1 is 1.39 bits per heavy atom. The minimum atomic E-state index is 0.0637. The van der Waals surface area contributed by atoms with E-state index in [9.17, 15) is 4.79 Å². The summed E-state index contributed by atoms with van der Waals surface area (Å²) in [5.41, 5.74) is 2.11. The molecule has 6 heteroatoms. The van der Waals surface area contributed by atoms with E-state index < -0.39 is 0 Å². The predicted octanol–water partition coefficient (Wildman–Crippen LogP) is 2.70. The van der Waals surface area contributed by atoms with Crippen LogP contribution in [0.3, 0.4) is 0 Å². The standard InChI is InChI=1S/C17H19N3O2S/c1-22-15-4-2-3-13(11-15)5-6-16(21)18-8-7-14-12-20-9-10-23-17(20)19-14/h2-4,9-12H,5-8H2,1H3,(H,18,21). The lowest BCUT2D eigenvalue weighted by molar-refractivity contribution is -0.121. The van der Waals surface area contributed by atoms with Crippen LogP contribution in [0.5, 0.6) is 5.75 Å². The number of ether oxygens (including phenoxy) is 1. The molecule has 0 saturated carbocycles. The molecule has 0 aliphatic heterocycles. The Kier molecular flexibility index (Phi) is 4.92. The van der Waals surface area contributed by atoms with Crippen molar-refractivity contribution in [3.8, 4) is 5.75 Å². The molecule has 1 N–H and O–H groups in total. The molecule has 1 aromatic carbocycles. The van der Waals surface area contributed by atoms with Gasteiger partial charge in [-0.1, -0.05) is 12.1 Å². The third kappa shape index (κ3) is 4.10. The average Bonchev–Trinajstić information content (AvgIpc) is 3.14. The molecule has 0 unspecified atom stereocenters. The van der Waals surface area contributed by atoms with Crippen LogP contribution in [0.2, 0.25) is 0 Å². The normalized spacial score (nSPS) is 10.8. The van der Waals surface area contributed by atoms with E-state index in [1.54, 1.807) is 18.4 Å². The summed E-state index contributed by atoms with van der Waals surface area (Å²) in [6, 6.07) is 7.81. The molecule has 0 spiro atoms. The van der Waals surface area contributed by atoms with Crippen molar-refractivity contribution in [1.82, 2.24) is 14.7 Å². The summed E-state index contributed by atoms with van der Waals surface area (Å²) in [5, 5.41) is 4.96. The number of fused-ring (bicyclic) bond motifs is 1. The Bertz CT molecular complexity index is 765. The van der Waals surface area contributed by atoms with Crippen molar-refractivity contribution in [2.75, 3.05) is 13.7 Å². The molecular weight excluding hydrogens is 310 g/mol. The fraction of sp³-hybridized carbons (Fsp3) is 0.294. The quantitative estimate of drug-likeness (QED) is 0.725. The van der Waals surface area contributed by atoms with E-state index in [1.165, 1.54) is 0 Å². The molecule has 0 aliphatic rings. The zero-order valence-corrected chi connectivity index (χ0v) is 13.8. The van der Waals surface area contributed by atoms with Gasteiger partial charge in [-0.05, 0) is 24.1 Å². The molecule has 5 nitrogen and oxygen atoms in total. The largest absolute Gasteiger partial charge is 0.497 e. The number of carbonyl (C=O) groups excluding carboxylic acids is 1. The number of nitrogens with zero attached hydrogens (tertiary/aromatic N) is 2. The smallest absolute Gasteiger partial charge is 0.220 e. The molecule has 1 amide bonds. The van der Waals surface area contributed by atoms with Crippen LogP contribution in [0.25, 0.3) is 4.96 Å². The van der Waals surface area contributed by atoms with Crippen molar-refractivity contribution >= 4 is 22.2 Å². The molecule has 0 saturated heterocycles. The number of hydrogen-bond donors (Lipinski definition) is 1. The van der Waals surface area contributed by atoms with Gasteiger partial charge in [0, 0.05) is 37.2 Å². The van der Waals surface area contributed by atoms with Gasteiger partial charge in [-0.2, -0.15) is 0 Å². The van der Waals surface area contributed by atoms with Gasteiger partial charge in [-0.3, -0.25) is 9.20 Å². The molecule has 0 bridgehead atoms. The van der Waals surface area contributed by atoms with E-state index in [1.807, 2.05) is 46.4 Å². The lowest BCUT2D eigenvalue weighted by Gasteiger charge is -2.06. The number of carbonyl (C=O) groups is 1. The van der Waals surface area contributed by atoms with Gasteiger partial charge in [0.05, 0.1) is 12.8 Å². The van der Waals surface area contributed by atoms with E-state index in [2.05, 4.69) is 10.3 Å². The van der Waals surface area contributed by atoms with Gasteiger partial charge in [-0.15, -0.1) is 11.3 Å². The van der Waals surface area contributed by atoms with E-state index in [0.717, 1.165) is 28.4 Å². The van der Waals surface area contributed by atoms with Crippen LogP contribution in [0.15, 0.2) is 42.0 Å². The number of aryl methyl sites for hydroxylation is 1. The Morgan fingerprint density at radius 2 is 2.30 bits per heavy atom. The van der Waals surface area contributed by atoms with Crippen LogP contribution in [0.4, 0.5) is 0 Å². The molecule has 0 atom stereocenters.